The Kier molecular flexibility index (Phi) is 5.00. The van der Waals surface area contributed by atoms with E-state index in [9.17, 15) is 18.3 Å². The molecule has 1 unspecified atom stereocenters. The Balaban J connectivity index is 2.05. The first kappa shape index (κ1) is 16.0. The number of aliphatic carboxylic acids is 1. The summed E-state index contributed by atoms with van der Waals surface area (Å²) in [5.41, 5.74) is 2.20. The third-order valence-electron chi connectivity index (χ3n) is 3.97. The average molecular weight is 311 g/mol. The van der Waals surface area contributed by atoms with E-state index in [0.717, 1.165) is 11.1 Å². The van der Waals surface area contributed by atoms with E-state index in [-0.39, 0.29) is 11.5 Å². The summed E-state index contributed by atoms with van der Waals surface area (Å²) < 4.78 is 23.0. The molecule has 0 bridgehead atoms. The van der Waals surface area contributed by atoms with E-state index in [2.05, 4.69) is 0 Å². The summed E-state index contributed by atoms with van der Waals surface area (Å²) in [6.45, 7) is 2.69. The molecule has 0 radical (unpaired) electrons. The highest BCUT2D eigenvalue weighted by Crippen LogP contribution is 2.23. The minimum absolute atomic E-state index is 0.119. The Morgan fingerprint density at radius 3 is 2.62 bits per heavy atom. The predicted octanol–water partition coefficient (Wildman–Crippen LogP) is 1.32. The fourth-order valence-corrected chi connectivity index (χ4v) is 3.55. The van der Waals surface area contributed by atoms with Gasteiger partial charge in [-0.25, -0.2) is 8.42 Å². The summed E-state index contributed by atoms with van der Waals surface area (Å²) in [4.78, 5) is 13.3. The summed E-state index contributed by atoms with van der Waals surface area (Å²) in [6, 6.07) is 7.26. The van der Waals surface area contributed by atoms with Crippen molar-refractivity contribution in [1.29, 1.82) is 0 Å². The number of carboxylic acid groups (broad SMARTS) is 1. The second-order valence-corrected chi connectivity index (χ2v) is 7.86. The average Bonchev–Trinajstić information content (AvgIpc) is 2.46. The first-order chi connectivity index (χ1) is 9.93. The third kappa shape index (κ3) is 4.04. The van der Waals surface area contributed by atoms with Gasteiger partial charge in [0.05, 0.1) is 5.75 Å². The van der Waals surface area contributed by atoms with Crippen LogP contribution in [-0.4, -0.2) is 48.5 Å². The quantitative estimate of drug-likeness (QED) is 0.857. The van der Waals surface area contributed by atoms with Crippen LogP contribution in [0.4, 0.5) is 0 Å². The minimum atomic E-state index is -2.99. The second-order valence-electron chi connectivity index (χ2n) is 5.39. The van der Waals surface area contributed by atoms with E-state index in [0.29, 0.717) is 25.9 Å². The van der Waals surface area contributed by atoms with Gasteiger partial charge < -0.3 is 5.11 Å². The molecule has 0 saturated carbocycles. The first-order valence-electron chi connectivity index (χ1n) is 7.17. The molecule has 1 atom stereocenters. The summed E-state index contributed by atoms with van der Waals surface area (Å²) in [5.74, 6) is -0.588. The van der Waals surface area contributed by atoms with Crippen LogP contribution in [0.2, 0.25) is 0 Å². The van der Waals surface area contributed by atoms with E-state index < -0.39 is 21.8 Å². The summed E-state index contributed by atoms with van der Waals surface area (Å²) in [7, 11) is -2.99. The van der Waals surface area contributed by atoms with Crippen molar-refractivity contribution in [2.24, 2.45) is 0 Å². The number of nitrogens with zero attached hydrogens (tertiary/aromatic N) is 1. The highest BCUT2D eigenvalue weighted by Gasteiger charge is 2.30. The van der Waals surface area contributed by atoms with Gasteiger partial charge in [0, 0.05) is 18.8 Å². The number of carbonyl (C=O) groups is 1. The molecular formula is C15H21NO4S. The summed E-state index contributed by atoms with van der Waals surface area (Å²) >= 11 is 0. The van der Waals surface area contributed by atoms with Gasteiger partial charge in [0.2, 0.25) is 0 Å². The van der Waals surface area contributed by atoms with Crippen LogP contribution in [0, 0.1) is 0 Å². The molecule has 6 heteroatoms. The highest BCUT2D eigenvalue weighted by atomic mass is 32.2. The maximum atomic E-state index is 11.5. The first-order valence-corrected chi connectivity index (χ1v) is 8.99. The smallest absolute Gasteiger partial charge is 0.321 e. The minimum Gasteiger partial charge on any atom is -0.480 e. The Morgan fingerprint density at radius 2 is 2.00 bits per heavy atom. The largest absolute Gasteiger partial charge is 0.480 e. The molecule has 1 aromatic rings. The van der Waals surface area contributed by atoms with Gasteiger partial charge in [-0.2, -0.15) is 0 Å². The van der Waals surface area contributed by atoms with Crippen molar-refractivity contribution >= 4 is 15.8 Å². The van der Waals surface area contributed by atoms with Crippen molar-refractivity contribution in [3.8, 4) is 0 Å². The van der Waals surface area contributed by atoms with E-state index in [1.807, 2.05) is 29.2 Å². The number of hydrogen-bond acceptors (Lipinski definition) is 4. The molecule has 2 rings (SSSR count). The molecule has 1 aliphatic heterocycles. The van der Waals surface area contributed by atoms with Gasteiger partial charge in [-0.1, -0.05) is 31.2 Å². The maximum absolute atomic E-state index is 11.5. The monoisotopic (exact) mass is 311 g/mol. The summed E-state index contributed by atoms with van der Waals surface area (Å²) in [6.07, 6.45) is 0.953. The molecule has 0 aliphatic carbocycles. The highest BCUT2D eigenvalue weighted by molar-refractivity contribution is 7.91. The van der Waals surface area contributed by atoms with Gasteiger partial charge in [-0.05, 0) is 24.0 Å². The van der Waals surface area contributed by atoms with Crippen LogP contribution in [0.3, 0.4) is 0 Å². The molecule has 1 aromatic carbocycles. The molecule has 0 spiro atoms. The van der Waals surface area contributed by atoms with Crippen LogP contribution in [0.15, 0.2) is 24.3 Å². The molecule has 21 heavy (non-hydrogen) atoms. The van der Waals surface area contributed by atoms with Crippen LogP contribution >= 0.6 is 0 Å². The van der Waals surface area contributed by atoms with Crippen LogP contribution in [-0.2, 0) is 27.6 Å². The fourth-order valence-electron chi connectivity index (χ4n) is 2.69. The number of rotatable bonds is 6. The van der Waals surface area contributed by atoms with Crippen molar-refractivity contribution in [2.75, 3.05) is 18.1 Å². The van der Waals surface area contributed by atoms with Crippen molar-refractivity contribution < 1.29 is 18.3 Å². The zero-order valence-electron chi connectivity index (χ0n) is 12.2. The lowest BCUT2D eigenvalue weighted by Crippen LogP contribution is -2.46. The van der Waals surface area contributed by atoms with Crippen molar-refractivity contribution in [2.45, 2.75) is 32.4 Å². The van der Waals surface area contributed by atoms with Crippen LogP contribution < -0.4 is 0 Å². The third-order valence-corrected chi connectivity index (χ3v) is 5.76. The molecule has 0 fully saturated rings. The van der Waals surface area contributed by atoms with Gasteiger partial charge in [-0.15, -0.1) is 0 Å². The van der Waals surface area contributed by atoms with Gasteiger partial charge in [0.1, 0.15) is 15.9 Å². The molecule has 0 amide bonds. The predicted molar refractivity (Wildman–Crippen MR) is 80.9 cm³/mol. The lowest BCUT2D eigenvalue weighted by atomic mass is 9.94. The summed E-state index contributed by atoms with van der Waals surface area (Å²) in [5, 5.41) is 9.38. The van der Waals surface area contributed by atoms with Crippen LogP contribution in [0.1, 0.15) is 24.5 Å². The SMILES string of the molecule is CCS(=O)(=O)CCCN1Cc2ccccc2CC1C(=O)O. The van der Waals surface area contributed by atoms with E-state index in [1.165, 1.54) is 0 Å². The number of fused-ring (bicyclic) bond motifs is 1. The Labute approximate surface area is 125 Å². The lowest BCUT2D eigenvalue weighted by Gasteiger charge is -2.34. The number of carboxylic acids is 1. The van der Waals surface area contributed by atoms with Crippen molar-refractivity contribution in [3.05, 3.63) is 35.4 Å². The molecular weight excluding hydrogens is 290 g/mol. The van der Waals surface area contributed by atoms with E-state index in [4.69, 9.17) is 0 Å². The van der Waals surface area contributed by atoms with Crippen LogP contribution in [0.5, 0.6) is 0 Å². The molecule has 1 aliphatic rings. The molecule has 0 saturated heterocycles. The Bertz CT molecular complexity index is 612. The van der Waals surface area contributed by atoms with Gasteiger partial charge >= 0.3 is 5.97 Å². The number of hydrogen-bond donors (Lipinski definition) is 1. The van der Waals surface area contributed by atoms with Gasteiger partial charge in [-0.3, -0.25) is 9.69 Å². The standard InChI is InChI=1S/C15H21NO4S/c1-2-21(19,20)9-5-8-16-11-13-7-4-3-6-12(13)10-14(16)15(17)18/h3-4,6-7,14H,2,5,8-11H2,1H3,(H,17,18). The zero-order valence-corrected chi connectivity index (χ0v) is 13.0. The van der Waals surface area contributed by atoms with Crippen molar-refractivity contribution in [3.63, 3.8) is 0 Å². The Hall–Kier alpha value is -1.40. The lowest BCUT2D eigenvalue weighted by molar-refractivity contribution is -0.143. The normalized spacial score (nSPS) is 19.2. The van der Waals surface area contributed by atoms with Crippen molar-refractivity contribution in [1.82, 2.24) is 4.90 Å². The molecule has 1 N–H and O–H groups in total. The van der Waals surface area contributed by atoms with E-state index in [1.54, 1.807) is 6.92 Å². The molecule has 5 nitrogen and oxygen atoms in total. The molecule has 0 aromatic heterocycles. The second kappa shape index (κ2) is 6.58. The van der Waals surface area contributed by atoms with Gasteiger partial charge in [0.15, 0.2) is 0 Å². The van der Waals surface area contributed by atoms with Crippen LogP contribution in [0.25, 0.3) is 0 Å². The number of benzene rings is 1. The van der Waals surface area contributed by atoms with Gasteiger partial charge in [0.25, 0.3) is 0 Å². The maximum Gasteiger partial charge on any atom is 0.321 e. The van der Waals surface area contributed by atoms with E-state index >= 15 is 0 Å². The topological polar surface area (TPSA) is 74.7 Å². The molecule has 116 valence electrons. The molecule has 1 heterocycles. The fraction of sp³-hybridized carbons (Fsp3) is 0.533. The number of sulfone groups is 1. The zero-order chi connectivity index (χ0) is 15.5. The Morgan fingerprint density at radius 1 is 1.33 bits per heavy atom.